The molecule has 1 saturated heterocycles. The highest BCUT2D eigenvalue weighted by Gasteiger charge is 2.17. The minimum absolute atomic E-state index is 0. The molecule has 1 aliphatic rings. The van der Waals surface area contributed by atoms with Crippen molar-refractivity contribution >= 4 is 72.3 Å². The number of piperazine rings is 1. The van der Waals surface area contributed by atoms with Gasteiger partial charge in [0.1, 0.15) is 0 Å². The molecule has 9 N–H and O–H groups in total. The Bertz CT molecular complexity index is 748. The van der Waals surface area contributed by atoms with E-state index in [9.17, 15) is 4.79 Å². The Hall–Kier alpha value is -1.34. The summed E-state index contributed by atoms with van der Waals surface area (Å²) in [6.07, 6.45) is 5.47. The molecule has 0 bridgehead atoms. The summed E-state index contributed by atoms with van der Waals surface area (Å²) in [4.78, 5) is 29.0. The van der Waals surface area contributed by atoms with Crippen molar-refractivity contribution in [2.45, 2.75) is 32.1 Å². The zero-order valence-electron chi connectivity index (χ0n) is 19.2. The van der Waals surface area contributed by atoms with E-state index in [4.69, 9.17) is 34.5 Å². The first-order chi connectivity index (χ1) is 14.9. The summed E-state index contributed by atoms with van der Waals surface area (Å²) in [6, 6.07) is 0. The molecule has 0 saturated carbocycles. The maximum absolute atomic E-state index is 12.2. The van der Waals surface area contributed by atoms with Crippen LogP contribution in [0.1, 0.15) is 42.6 Å². The Morgan fingerprint density at radius 3 is 2.03 bits per heavy atom. The predicted molar refractivity (Wildman–Crippen MR) is 147 cm³/mol. The van der Waals surface area contributed by atoms with Gasteiger partial charge in [0.15, 0.2) is 28.4 Å². The molecule has 0 radical (unpaired) electrons. The quantitative estimate of drug-likeness (QED) is 0.150. The molecule has 198 valence electrons. The molecule has 0 spiro atoms. The van der Waals surface area contributed by atoms with Crippen LogP contribution in [-0.2, 0) is 0 Å². The standard InChI is InChI=1S/C19H35ClN10O.3ClH/c20-15-17(23)27-16(22)14(26-15)18(31)28-19(24)25-7-3-5-9-30-12-10-29(11-13-30)8-4-1-2-6-21;;;/h1-13,21H2,(H4,22,23,27)(H3,24,25,28,31);3*1H. The van der Waals surface area contributed by atoms with Crippen LogP contribution >= 0.6 is 48.8 Å². The lowest BCUT2D eigenvalue weighted by Gasteiger charge is -2.34. The third-order valence-corrected chi connectivity index (χ3v) is 5.45. The summed E-state index contributed by atoms with van der Waals surface area (Å²) in [5, 5.41) is 2.34. The number of rotatable bonds is 11. The molecule has 0 unspecified atom stereocenters. The number of amides is 1. The average Bonchev–Trinajstić information content (AvgIpc) is 2.74. The van der Waals surface area contributed by atoms with E-state index in [0.29, 0.717) is 6.54 Å². The molecule has 15 heteroatoms. The number of aromatic nitrogens is 2. The van der Waals surface area contributed by atoms with E-state index < -0.39 is 5.91 Å². The van der Waals surface area contributed by atoms with Crippen LogP contribution in [0.5, 0.6) is 0 Å². The fraction of sp³-hybridized carbons (Fsp3) is 0.684. The van der Waals surface area contributed by atoms with Crippen molar-refractivity contribution in [1.29, 1.82) is 0 Å². The van der Waals surface area contributed by atoms with Crippen LogP contribution in [0.2, 0.25) is 5.15 Å². The third-order valence-electron chi connectivity index (χ3n) is 5.17. The van der Waals surface area contributed by atoms with Gasteiger partial charge in [-0.1, -0.05) is 18.0 Å². The van der Waals surface area contributed by atoms with Crippen LogP contribution in [0.15, 0.2) is 4.99 Å². The second-order valence-corrected chi connectivity index (χ2v) is 7.95. The maximum Gasteiger partial charge on any atom is 0.280 e. The zero-order chi connectivity index (χ0) is 22.6. The molecule has 0 aliphatic carbocycles. The number of anilines is 2. The summed E-state index contributed by atoms with van der Waals surface area (Å²) in [5.41, 5.74) is 22.3. The molecule has 11 nitrogen and oxygen atoms in total. The van der Waals surface area contributed by atoms with Gasteiger partial charge in [0, 0.05) is 32.7 Å². The van der Waals surface area contributed by atoms with E-state index in [2.05, 4.69) is 30.1 Å². The van der Waals surface area contributed by atoms with Crippen LogP contribution in [-0.4, -0.2) is 84.0 Å². The number of hydrogen-bond acceptors (Lipinski definition) is 9. The van der Waals surface area contributed by atoms with Crippen LogP contribution in [0.25, 0.3) is 0 Å². The summed E-state index contributed by atoms with van der Waals surface area (Å²) < 4.78 is 0. The SMILES string of the molecule is Cl.Cl.Cl.NCCCCCN1CCN(CCCCN=C(N)NC(=O)c2nc(Cl)c(N)nc2N)CC1. The molecule has 34 heavy (non-hydrogen) atoms. The zero-order valence-corrected chi connectivity index (χ0v) is 22.5. The summed E-state index contributed by atoms with van der Waals surface area (Å²) in [7, 11) is 0. The Labute approximate surface area is 225 Å². The lowest BCUT2D eigenvalue weighted by atomic mass is 10.2. The van der Waals surface area contributed by atoms with E-state index in [1.165, 1.54) is 19.4 Å². The molecule has 1 aromatic rings. The first-order valence-electron chi connectivity index (χ1n) is 10.7. The summed E-state index contributed by atoms with van der Waals surface area (Å²) in [6.45, 7) is 7.98. The molecule has 1 amide bonds. The van der Waals surface area contributed by atoms with E-state index in [-0.39, 0.29) is 65.7 Å². The van der Waals surface area contributed by atoms with Gasteiger partial charge in [-0.3, -0.25) is 15.1 Å². The van der Waals surface area contributed by atoms with Crippen LogP contribution in [0, 0.1) is 0 Å². The van der Waals surface area contributed by atoms with Crippen molar-refractivity contribution in [3.05, 3.63) is 10.8 Å². The second-order valence-electron chi connectivity index (χ2n) is 7.59. The number of halogens is 4. The van der Waals surface area contributed by atoms with Crippen LogP contribution < -0.4 is 28.3 Å². The highest BCUT2D eigenvalue weighted by molar-refractivity contribution is 6.31. The number of guanidine groups is 1. The van der Waals surface area contributed by atoms with Gasteiger partial charge in [-0.2, -0.15) is 0 Å². The summed E-state index contributed by atoms with van der Waals surface area (Å²) >= 11 is 5.78. The van der Waals surface area contributed by atoms with Crippen molar-refractivity contribution in [2.75, 3.05) is 63.8 Å². The number of nitrogens with zero attached hydrogens (tertiary/aromatic N) is 5. The number of hydrogen-bond donors (Lipinski definition) is 5. The molecule has 1 aromatic heterocycles. The van der Waals surface area contributed by atoms with E-state index in [1.54, 1.807) is 0 Å². The Kier molecular flexibility index (Phi) is 19.4. The highest BCUT2D eigenvalue weighted by Crippen LogP contribution is 2.17. The topological polar surface area (TPSA) is 178 Å². The number of nitrogens with one attached hydrogen (secondary N) is 1. The van der Waals surface area contributed by atoms with E-state index in [0.717, 1.165) is 58.5 Å². The molecule has 2 heterocycles. The van der Waals surface area contributed by atoms with Gasteiger partial charge in [0.25, 0.3) is 5.91 Å². The fourth-order valence-corrected chi connectivity index (χ4v) is 3.49. The highest BCUT2D eigenvalue weighted by atomic mass is 35.5. The minimum Gasteiger partial charge on any atom is -0.382 e. The van der Waals surface area contributed by atoms with Crippen LogP contribution in [0.4, 0.5) is 11.6 Å². The molecule has 2 rings (SSSR count). The Morgan fingerprint density at radius 1 is 0.912 bits per heavy atom. The van der Waals surface area contributed by atoms with Gasteiger partial charge < -0.3 is 32.7 Å². The number of carbonyl (C=O) groups is 1. The number of aliphatic imine (C=N–C) groups is 1. The van der Waals surface area contributed by atoms with Gasteiger partial charge in [0.2, 0.25) is 0 Å². The molecule has 0 aromatic carbocycles. The van der Waals surface area contributed by atoms with E-state index >= 15 is 0 Å². The number of unbranched alkanes of at least 4 members (excludes halogenated alkanes) is 3. The lowest BCUT2D eigenvalue weighted by molar-refractivity contribution is 0.0972. The molecule has 1 aliphatic heterocycles. The smallest absolute Gasteiger partial charge is 0.280 e. The molecule has 1 fully saturated rings. The van der Waals surface area contributed by atoms with Gasteiger partial charge in [-0.15, -0.1) is 37.2 Å². The molecular formula is C19H38Cl4N10O. The summed E-state index contributed by atoms with van der Waals surface area (Å²) in [5.74, 6) is -0.791. The normalized spacial score (nSPS) is 14.5. The molecule has 0 atom stereocenters. The fourth-order valence-electron chi connectivity index (χ4n) is 3.36. The van der Waals surface area contributed by atoms with Gasteiger partial charge in [-0.05, 0) is 45.3 Å². The number of nitrogens with two attached hydrogens (primary N) is 4. The second kappa shape index (κ2) is 18.9. The van der Waals surface area contributed by atoms with Crippen molar-refractivity contribution in [2.24, 2.45) is 16.5 Å². The van der Waals surface area contributed by atoms with Gasteiger partial charge >= 0.3 is 0 Å². The first kappa shape index (κ1) is 34.8. The van der Waals surface area contributed by atoms with Crippen molar-refractivity contribution < 1.29 is 4.79 Å². The van der Waals surface area contributed by atoms with Crippen LogP contribution in [0.3, 0.4) is 0 Å². The lowest BCUT2D eigenvalue weighted by Crippen LogP contribution is -2.46. The minimum atomic E-state index is -0.631. The van der Waals surface area contributed by atoms with Crippen molar-refractivity contribution in [1.82, 2.24) is 25.1 Å². The van der Waals surface area contributed by atoms with Crippen molar-refractivity contribution in [3.63, 3.8) is 0 Å². The predicted octanol–water partition coefficient (Wildman–Crippen LogP) is 1.13. The Balaban J connectivity index is 0. The van der Waals surface area contributed by atoms with Gasteiger partial charge in [-0.25, -0.2) is 9.97 Å². The largest absolute Gasteiger partial charge is 0.382 e. The molecular weight excluding hydrogens is 526 g/mol. The Morgan fingerprint density at radius 2 is 1.47 bits per heavy atom. The number of nitrogen functional groups attached to an aromatic ring is 2. The number of carbonyl (C=O) groups excluding carboxylic acids is 1. The monoisotopic (exact) mass is 562 g/mol. The maximum atomic E-state index is 12.2. The third kappa shape index (κ3) is 12.4. The average molecular weight is 564 g/mol. The van der Waals surface area contributed by atoms with Gasteiger partial charge in [0.05, 0.1) is 0 Å². The van der Waals surface area contributed by atoms with Crippen molar-refractivity contribution in [3.8, 4) is 0 Å². The first-order valence-corrected chi connectivity index (χ1v) is 11.1. The van der Waals surface area contributed by atoms with E-state index in [1.807, 2.05) is 0 Å².